The van der Waals surface area contributed by atoms with Crippen LogP contribution in [0.15, 0.2) is 12.3 Å². The van der Waals surface area contributed by atoms with Crippen molar-refractivity contribution in [1.29, 1.82) is 0 Å². The van der Waals surface area contributed by atoms with Gasteiger partial charge in [-0.15, -0.1) is 23.9 Å². The molecule has 2 heteroatoms. The molecule has 0 aromatic carbocycles. The van der Waals surface area contributed by atoms with Crippen molar-refractivity contribution in [3.05, 3.63) is 12.3 Å². The maximum atomic E-state index is 5.24. The highest BCUT2D eigenvalue weighted by Gasteiger charge is 1.67. The molecule has 0 aliphatic carbocycles. The maximum absolute atomic E-state index is 5.24. The zero-order valence-electron chi connectivity index (χ0n) is 2.87. The second kappa shape index (κ2) is 4.25. The minimum atomic E-state index is 0.726. The van der Waals surface area contributed by atoms with Gasteiger partial charge in [0, 0.05) is 5.50 Å². The normalized spacial score (nSPS) is 7.40. The molecule has 0 aliphatic heterocycles. The van der Waals surface area contributed by atoms with Gasteiger partial charge in [0.25, 0.3) is 0 Å². The molecule has 28 valence electrons. The van der Waals surface area contributed by atoms with Crippen LogP contribution < -0.4 is 0 Å². The van der Waals surface area contributed by atoms with Crippen LogP contribution >= 0.6 is 11.6 Å². The fourth-order valence-electron chi connectivity index (χ4n) is 0.0546. The number of alkyl halides is 1. The lowest BCUT2D eigenvalue weighted by molar-refractivity contribution is 2.11. The van der Waals surface area contributed by atoms with Crippen LogP contribution in [0.4, 0.5) is 0 Å². The number of halogens is 1. The number of rotatable bonds is 2. The Bertz CT molecular complexity index is 28.1. The van der Waals surface area contributed by atoms with Crippen molar-refractivity contribution in [2.24, 2.45) is 0 Å². The highest BCUT2D eigenvalue weighted by molar-refractivity contribution is 6.54. The second-order valence-corrected chi connectivity index (χ2v) is 2.43. The summed E-state index contributed by atoms with van der Waals surface area (Å²) < 4.78 is 0. The van der Waals surface area contributed by atoms with Gasteiger partial charge in [0.1, 0.15) is 0 Å². The van der Waals surface area contributed by atoms with Crippen LogP contribution in [0.5, 0.6) is 0 Å². The predicted molar refractivity (Wildman–Crippen MR) is 26.7 cm³/mol. The Kier molecular flexibility index (Phi) is 4.46. The molecule has 0 saturated heterocycles. The van der Waals surface area contributed by atoms with Crippen molar-refractivity contribution in [2.75, 3.05) is 5.50 Å². The minimum Gasteiger partial charge on any atom is -0.130 e. The van der Waals surface area contributed by atoms with Crippen LogP contribution in [0.25, 0.3) is 0 Å². The Hall–Kier alpha value is 0.247. The van der Waals surface area contributed by atoms with E-state index in [9.17, 15) is 0 Å². The molecule has 0 N–H and O–H groups in total. The monoisotopic (exact) mass is 104 g/mol. The lowest BCUT2D eigenvalue weighted by atomic mass is 11.3. The van der Waals surface area contributed by atoms with E-state index in [-0.39, 0.29) is 0 Å². The summed E-state index contributed by atoms with van der Waals surface area (Å²) >= 11 is 5.24. The van der Waals surface area contributed by atoms with Gasteiger partial charge < -0.3 is 0 Å². The largest absolute Gasteiger partial charge is 0.130 e. The zero-order chi connectivity index (χ0) is 4.12. The van der Waals surface area contributed by atoms with E-state index in [0.29, 0.717) is 0 Å². The molecule has 0 aliphatic rings. The molecule has 0 heterocycles. The van der Waals surface area contributed by atoms with Crippen LogP contribution in [0.3, 0.4) is 0 Å². The van der Waals surface area contributed by atoms with Gasteiger partial charge in [0.15, 0.2) is 0 Å². The van der Waals surface area contributed by atoms with Gasteiger partial charge in [-0.3, -0.25) is 0 Å². The van der Waals surface area contributed by atoms with Crippen molar-refractivity contribution < 1.29 is 0 Å². The summed E-state index contributed by atoms with van der Waals surface area (Å²) in [5, 5.41) is 0. The molecule has 2 radical (unpaired) electrons. The zero-order valence-corrected chi connectivity index (χ0v) is 4.63. The van der Waals surface area contributed by atoms with Gasteiger partial charge in [-0.25, -0.2) is 0 Å². The fourth-order valence-corrected chi connectivity index (χ4v) is 0.491. The molecule has 0 fully saturated rings. The summed E-state index contributed by atoms with van der Waals surface area (Å²) in [5.74, 6) is 0. The molecule has 5 heavy (non-hydrogen) atoms. The maximum Gasteiger partial charge on any atom is 0.0878 e. The van der Waals surface area contributed by atoms with Crippen molar-refractivity contribution >= 4 is 21.1 Å². The van der Waals surface area contributed by atoms with Crippen molar-refractivity contribution in [3.8, 4) is 0 Å². The highest BCUT2D eigenvalue weighted by Crippen LogP contribution is 1.66. The molecule has 0 amide bonds. The molecule has 0 spiro atoms. The summed E-state index contributed by atoms with van der Waals surface area (Å²) in [5.41, 5.74) is 2.55. The average Bonchev–Trinajstić information content (AvgIpc) is 1.41. The molecule has 0 rings (SSSR count). The predicted octanol–water partition coefficient (Wildman–Crippen LogP) is 1.03. The van der Waals surface area contributed by atoms with Crippen molar-refractivity contribution in [1.82, 2.24) is 0 Å². The first-order valence-corrected chi connectivity index (χ1v) is 3.14. The number of hydrogen-bond donors (Lipinski definition) is 0. The third-order valence-corrected chi connectivity index (χ3v) is 1.13. The summed E-state index contributed by atoms with van der Waals surface area (Å²) in [6.07, 6.45) is 0. The van der Waals surface area contributed by atoms with E-state index in [1.165, 1.54) is 0 Å². The Morgan fingerprint density at radius 3 is 2.60 bits per heavy atom. The van der Waals surface area contributed by atoms with Crippen molar-refractivity contribution in [2.45, 2.75) is 0 Å². The van der Waals surface area contributed by atoms with E-state index in [1.54, 1.807) is 0 Å². The van der Waals surface area contributed by atoms with Gasteiger partial charge in [0.2, 0.25) is 0 Å². The van der Waals surface area contributed by atoms with Gasteiger partial charge in [-0.05, 0) is 0 Å². The molecule has 0 bridgehead atoms. The summed E-state index contributed by atoms with van der Waals surface area (Å²) in [6, 6.07) is 0. The first kappa shape index (κ1) is 5.25. The average molecular weight is 105 g/mol. The Morgan fingerprint density at radius 2 is 2.60 bits per heavy atom. The standard InChI is InChI=1S/C3H5ClSi/c1-2-5-3-4/h2H,1,3H2. The third kappa shape index (κ3) is 4.25. The van der Waals surface area contributed by atoms with E-state index in [4.69, 9.17) is 11.6 Å². The first-order valence-electron chi connectivity index (χ1n) is 1.32. The van der Waals surface area contributed by atoms with E-state index in [2.05, 4.69) is 6.58 Å². The van der Waals surface area contributed by atoms with Crippen LogP contribution in [0, 0.1) is 0 Å². The highest BCUT2D eigenvalue weighted by atomic mass is 35.5. The molecule has 0 nitrogen and oxygen atoms in total. The van der Waals surface area contributed by atoms with Gasteiger partial charge >= 0.3 is 0 Å². The lowest BCUT2D eigenvalue weighted by Gasteiger charge is -1.67. The lowest BCUT2D eigenvalue weighted by Crippen LogP contribution is -1.80. The molecular formula is C3H5ClSi. The van der Waals surface area contributed by atoms with E-state index in [0.717, 1.165) is 15.0 Å². The second-order valence-electron chi connectivity index (χ2n) is 0.542. The van der Waals surface area contributed by atoms with Crippen LogP contribution in [0.1, 0.15) is 0 Å². The molecule has 0 aromatic rings. The topological polar surface area (TPSA) is 0 Å². The molecule has 0 aromatic heterocycles. The van der Waals surface area contributed by atoms with E-state index < -0.39 is 0 Å². The number of hydrogen-bond acceptors (Lipinski definition) is 0. The fraction of sp³-hybridized carbons (Fsp3) is 0.333. The summed E-state index contributed by atoms with van der Waals surface area (Å²) in [7, 11) is 0.727. The van der Waals surface area contributed by atoms with Gasteiger partial charge in [-0.2, -0.15) is 0 Å². The third-order valence-electron chi connectivity index (χ3n) is 0.221. The first-order chi connectivity index (χ1) is 2.41. The van der Waals surface area contributed by atoms with Crippen molar-refractivity contribution in [3.63, 3.8) is 0 Å². The van der Waals surface area contributed by atoms with Crippen LogP contribution in [-0.2, 0) is 0 Å². The molecule has 0 unspecified atom stereocenters. The molecule has 0 saturated carbocycles. The Balaban J connectivity index is 2.40. The molecule has 0 atom stereocenters. The van der Waals surface area contributed by atoms with Crippen LogP contribution in [0.2, 0.25) is 0 Å². The van der Waals surface area contributed by atoms with E-state index >= 15 is 0 Å². The van der Waals surface area contributed by atoms with E-state index in [1.807, 2.05) is 5.70 Å². The smallest absolute Gasteiger partial charge is 0.0878 e. The Labute approximate surface area is 39.7 Å². The Morgan fingerprint density at radius 1 is 2.00 bits per heavy atom. The SMILES string of the molecule is C=C[Si]CCl. The molecular weight excluding hydrogens is 99.6 g/mol. The quantitative estimate of drug-likeness (QED) is 0.363. The minimum absolute atomic E-state index is 0.726. The summed E-state index contributed by atoms with van der Waals surface area (Å²) in [4.78, 5) is 0. The van der Waals surface area contributed by atoms with Gasteiger partial charge in [-0.1, -0.05) is 0 Å². The van der Waals surface area contributed by atoms with Gasteiger partial charge in [0.05, 0.1) is 9.52 Å². The summed E-state index contributed by atoms with van der Waals surface area (Å²) in [6.45, 7) is 3.48. The van der Waals surface area contributed by atoms with Crippen LogP contribution in [-0.4, -0.2) is 15.0 Å².